The molecule has 0 saturated carbocycles. The second kappa shape index (κ2) is 9.84. The SMILES string of the molecule is CC(C)CC(NC(=O)c1cc2ccccc2o1)C(=O)N[C@H]1CC[C@@H](C)N(C(=O)O)CC1=O. The van der Waals surface area contributed by atoms with Crippen LogP contribution >= 0.6 is 0 Å². The van der Waals surface area contributed by atoms with Crippen LogP contribution in [0.3, 0.4) is 0 Å². The molecule has 9 nitrogen and oxygen atoms in total. The van der Waals surface area contributed by atoms with Gasteiger partial charge in [-0.05, 0) is 44.2 Å². The predicted octanol–water partition coefficient (Wildman–Crippen LogP) is 2.79. The number of furan rings is 1. The lowest BCUT2D eigenvalue weighted by Gasteiger charge is -2.23. The number of carboxylic acid groups (broad SMARTS) is 1. The number of carbonyl (C=O) groups is 4. The summed E-state index contributed by atoms with van der Waals surface area (Å²) in [6.07, 6.45) is -0.00494. The van der Waals surface area contributed by atoms with Crippen LogP contribution in [0.25, 0.3) is 11.0 Å². The Balaban J connectivity index is 1.70. The van der Waals surface area contributed by atoms with Gasteiger partial charge in [-0.25, -0.2) is 4.79 Å². The van der Waals surface area contributed by atoms with Crippen molar-refractivity contribution in [3.05, 3.63) is 36.1 Å². The van der Waals surface area contributed by atoms with Gasteiger partial charge >= 0.3 is 6.09 Å². The average molecular weight is 444 g/mol. The first-order chi connectivity index (χ1) is 15.2. The summed E-state index contributed by atoms with van der Waals surface area (Å²) in [5, 5.41) is 15.5. The maximum atomic E-state index is 13.0. The molecule has 172 valence electrons. The summed E-state index contributed by atoms with van der Waals surface area (Å²) in [7, 11) is 0. The number of likely N-dealkylation sites (tertiary alicyclic amines) is 1. The van der Waals surface area contributed by atoms with Crippen LogP contribution in [-0.4, -0.2) is 58.4 Å². The molecule has 1 saturated heterocycles. The van der Waals surface area contributed by atoms with Crippen molar-refractivity contribution in [2.75, 3.05) is 6.54 Å². The Bertz CT molecular complexity index is 981. The monoisotopic (exact) mass is 443 g/mol. The molecule has 1 aliphatic heterocycles. The third kappa shape index (κ3) is 5.46. The molecule has 0 aliphatic carbocycles. The van der Waals surface area contributed by atoms with Gasteiger partial charge in [0.2, 0.25) is 5.91 Å². The summed E-state index contributed by atoms with van der Waals surface area (Å²) in [4.78, 5) is 50.8. The number of hydrogen-bond acceptors (Lipinski definition) is 5. The van der Waals surface area contributed by atoms with E-state index in [1.807, 2.05) is 26.0 Å². The highest BCUT2D eigenvalue weighted by molar-refractivity contribution is 5.99. The molecule has 32 heavy (non-hydrogen) atoms. The van der Waals surface area contributed by atoms with Gasteiger partial charge in [0, 0.05) is 11.4 Å². The van der Waals surface area contributed by atoms with Gasteiger partial charge in [0.15, 0.2) is 11.5 Å². The van der Waals surface area contributed by atoms with Crippen LogP contribution in [0.15, 0.2) is 34.7 Å². The minimum absolute atomic E-state index is 0.101. The predicted molar refractivity (Wildman–Crippen MR) is 117 cm³/mol. The Morgan fingerprint density at radius 3 is 2.59 bits per heavy atom. The molecule has 0 bridgehead atoms. The molecule has 1 unspecified atom stereocenters. The number of nitrogens with zero attached hydrogens (tertiary/aromatic N) is 1. The normalized spacial score (nSPS) is 20.1. The smallest absolute Gasteiger partial charge is 0.407 e. The molecule has 1 aliphatic rings. The molecule has 2 heterocycles. The van der Waals surface area contributed by atoms with E-state index in [9.17, 15) is 24.3 Å². The number of Topliss-reactive ketones (excluding diaryl/α,β-unsaturated/α-hetero) is 1. The Morgan fingerprint density at radius 1 is 1.22 bits per heavy atom. The van der Waals surface area contributed by atoms with E-state index >= 15 is 0 Å². The Morgan fingerprint density at radius 2 is 1.94 bits per heavy atom. The second-order valence-electron chi connectivity index (χ2n) is 8.67. The number of nitrogens with one attached hydrogen (secondary N) is 2. The third-order valence-corrected chi connectivity index (χ3v) is 5.66. The lowest BCUT2D eigenvalue weighted by molar-refractivity contribution is -0.129. The van der Waals surface area contributed by atoms with Gasteiger partial charge < -0.3 is 20.2 Å². The highest BCUT2D eigenvalue weighted by Gasteiger charge is 2.34. The van der Waals surface area contributed by atoms with Crippen molar-refractivity contribution in [3.63, 3.8) is 0 Å². The van der Waals surface area contributed by atoms with Crippen LogP contribution < -0.4 is 10.6 Å². The first kappa shape index (κ1) is 23.3. The molecule has 0 radical (unpaired) electrons. The van der Waals surface area contributed by atoms with Gasteiger partial charge in [-0.2, -0.15) is 0 Å². The molecule has 1 fully saturated rings. The van der Waals surface area contributed by atoms with Gasteiger partial charge in [0.25, 0.3) is 5.91 Å². The van der Waals surface area contributed by atoms with Gasteiger partial charge in [-0.15, -0.1) is 0 Å². The minimum atomic E-state index is -1.16. The minimum Gasteiger partial charge on any atom is -0.465 e. The third-order valence-electron chi connectivity index (χ3n) is 5.66. The van der Waals surface area contributed by atoms with Gasteiger partial charge in [0.1, 0.15) is 11.6 Å². The lowest BCUT2D eigenvalue weighted by atomic mass is 10.0. The van der Waals surface area contributed by atoms with Crippen molar-refractivity contribution in [2.45, 2.75) is 58.2 Å². The van der Waals surface area contributed by atoms with Crippen molar-refractivity contribution in [2.24, 2.45) is 5.92 Å². The molecule has 1 aromatic carbocycles. The van der Waals surface area contributed by atoms with Crippen LogP contribution in [0.2, 0.25) is 0 Å². The fraction of sp³-hybridized carbons (Fsp3) is 0.478. The standard InChI is InChI=1S/C23H29N3O6/c1-13(2)10-17(25-22(29)20-11-15-6-4-5-7-19(15)32-20)21(28)24-16-9-8-14(3)26(23(30)31)12-18(16)27/h4-7,11,13-14,16-17H,8-10,12H2,1-3H3,(H,24,28)(H,25,29)(H,30,31)/t14-,16+,17?/m1/s1. The van der Waals surface area contributed by atoms with E-state index in [1.165, 1.54) is 0 Å². The lowest BCUT2D eigenvalue weighted by Crippen LogP contribution is -2.52. The number of rotatable bonds is 6. The quantitative estimate of drug-likeness (QED) is 0.630. The van der Waals surface area contributed by atoms with Crippen LogP contribution in [-0.2, 0) is 9.59 Å². The van der Waals surface area contributed by atoms with Crippen LogP contribution in [0.1, 0.15) is 50.6 Å². The number of fused-ring (bicyclic) bond motifs is 1. The number of amides is 3. The van der Waals surface area contributed by atoms with Crippen molar-refractivity contribution < 1.29 is 28.7 Å². The fourth-order valence-electron chi connectivity index (χ4n) is 3.87. The second-order valence-corrected chi connectivity index (χ2v) is 8.67. The summed E-state index contributed by atoms with van der Waals surface area (Å²) in [6.45, 7) is 5.32. The van der Waals surface area contributed by atoms with Crippen LogP contribution in [0.4, 0.5) is 4.79 Å². The van der Waals surface area contributed by atoms with Crippen molar-refractivity contribution in [1.82, 2.24) is 15.5 Å². The molecule has 3 N–H and O–H groups in total. The van der Waals surface area contributed by atoms with Crippen LogP contribution in [0.5, 0.6) is 0 Å². The topological polar surface area (TPSA) is 129 Å². The zero-order valence-electron chi connectivity index (χ0n) is 18.5. The highest BCUT2D eigenvalue weighted by Crippen LogP contribution is 2.20. The number of hydrogen-bond donors (Lipinski definition) is 3. The summed E-state index contributed by atoms with van der Waals surface area (Å²) in [5.74, 6) is -1.15. The molecule has 1 aromatic heterocycles. The van der Waals surface area contributed by atoms with E-state index in [0.29, 0.717) is 24.8 Å². The summed E-state index contributed by atoms with van der Waals surface area (Å²) in [5.41, 5.74) is 0.573. The molecule has 3 amide bonds. The first-order valence-corrected chi connectivity index (χ1v) is 10.8. The maximum Gasteiger partial charge on any atom is 0.407 e. The summed E-state index contributed by atoms with van der Waals surface area (Å²) < 4.78 is 5.59. The Labute approximate surface area is 186 Å². The molecule has 3 atom stereocenters. The van der Waals surface area contributed by atoms with Gasteiger partial charge in [-0.3, -0.25) is 19.3 Å². The molecular formula is C23H29N3O6. The van der Waals surface area contributed by atoms with E-state index < -0.39 is 30.0 Å². The number of para-hydroxylation sites is 1. The number of ketones is 1. The molecule has 0 spiro atoms. The highest BCUT2D eigenvalue weighted by atomic mass is 16.4. The molecule has 3 rings (SSSR count). The molecule has 9 heteroatoms. The van der Waals surface area contributed by atoms with E-state index in [2.05, 4.69) is 10.6 Å². The van der Waals surface area contributed by atoms with Crippen LogP contribution in [0, 0.1) is 5.92 Å². The largest absolute Gasteiger partial charge is 0.465 e. The van der Waals surface area contributed by atoms with E-state index in [1.54, 1.807) is 25.1 Å². The zero-order chi connectivity index (χ0) is 23.4. The van der Waals surface area contributed by atoms with E-state index in [4.69, 9.17) is 4.42 Å². The van der Waals surface area contributed by atoms with Crippen molar-refractivity contribution in [1.29, 1.82) is 0 Å². The maximum absolute atomic E-state index is 13.0. The summed E-state index contributed by atoms with van der Waals surface area (Å²) >= 11 is 0. The van der Waals surface area contributed by atoms with Crippen molar-refractivity contribution in [3.8, 4) is 0 Å². The van der Waals surface area contributed by atoms with Gasteiger partial charge in [-0.1, -0.05) is 32.0 Å². The summed E-state index contributed by atoms with van der Waals surface area (Å²) in [6, 6.07) is 6.86. The molecule has 2 aromatic rings. The van der Waals surface area contributed by atoms with Crippen molar-refractivity contribution >= 4 is 34.7 Å². The number of benzene rings is 1. The fourth-order valence-corrected chi connectivity index (χ4v) is 3.87. The number of carbonyl (C=O) groups excluding carboxylic acids is 3. The zero-order valence-corrected chi connectivity index (χ0v) is 18.5. The Kier molecular flexibility index (Phi) is 7.17. The Hall–Kier alpha value is -3.36. The first-order valence-electron chi connectivity index (χ1n) is 10.8. The molecular weight excluding hydrogens is 414 g/mol. The average Bonchev–Trinajstić information content (AvgIpc) is 3.11. The van der Waals surface area contributed by atoms with E-state index in [-0.39, 0.29) is 30.0 Å². The van der Waals surface area contributed by atoms with E-state index in [0.717, 1.165) is 10.3 Å². The van der Waals surface area contributed by atoms with Gasteiger partial charge in [0.05, 0.1) is 12.6 Å².